The summed E-state index contributed by atoms with van der Waals surface area (Å²) in [7, 11) is 0. The molecule has 0 aliphatic heterocycles. The first-order valence-corrected chi connectivity index (χ1v) is 6.20. The Kier molecular flexibility index (Phi) is 5.86. The van der Waals surface area contributed by atoms with E-state index in [4.69, 9.17) is 23.9 Å². The molecule has 1 unspecified atom stereocenters. The minimum atomic E-state index is 0.0500. The predicted molar refractivity (Wildman–Crippen MR) is 71.9 cm³/mol. The number of benzene rings is 1. The van der Waals surface area contributed by atoms with Crippen molar-refractivity contribution in [2.45, 2.75) is 25.3 Å². The summed E-state index contributed by atoms with van der Waals surface area (Å²) in [6.07, 6.45) is 7.77. The van der Waals surface area contributed by atoms with Crippen molar-refractivity contribution in [3.63, 3.8) is 0 Å². The quantitative estimate of drug-likeness (QED) is 0.378. The maximum absolute atomic E-state index is 6.15. The Morgan fingerprint density at radius 2 is 2.31 bits per heavy atom. The molecule has 16 heavy (non-hydrogen) atoms. The molecule has 1 atom stereocenters. The number of hydrogen-bond donors (Lipinski definition) is 2. The van der Waals surface area contributed by atoms with Gasteiger partial charge in [0.05, 0.1) is 0 Å². The van der Waals surface area contributed by atoms with E-state index in [0.29, 0.717) is 5.02 Å². The number of halogens is 2. The average molecular weight is 302 g/mol. The molecule has 0 saturated carbocycles. The second kappa shape index (κ2) is 6.93. The second-order valence-electron chi connectivity index (χ2n) is 3.48. The number of nitrogens with two attached hydrogens (primary N) is 1. The maximum Gasteiger partial charge on any atom is 0.0475 e. The van der Waals surface area contributed by atoms with Crippen molar-refractivity contribution in [1.29, 1.82) is 0 Å². The van der Waals surface area contributed by atoms with Crippen LogP contribution in [0.25, 0.3) is 0 Å². The monoisotopic (exact) mass is 300 g/mol. The number of unbranched alkanes of at least 4 members (excludes halogenated alkanes) is 1. The van der Waals surface area contributed by atoms with Crippen LogP contribution >= 0.6 is 27.5 Å². The summed E-state index contributed by atoms with van der Waals surface area (Å²) in [6, 6.07) is 5.83. The lowest BCUT2D eigenvalue weighted by Crippen LogP contribution is -2.28. The predicted octanol–water partition coefficient (Wildman–Crippen LogP) is 3.41. The van der Waals surface area contributed by atoms with E-state index in [1.165, 1.54) is 0 Å². The van der Waals surface area contributed by atoms with Gasteiger partial charge in [-0.15, -0.1) is 12.3 Å². The lowest BCUT2D eigenvalue weighted by atomic mass is 10.0. The molecule has 2 nitrogen and oxygen atoms in total. The fraction of sp³-hybridized carbons (Fsp3) is 0.333. The van der Waals surface area contributed by atoms with Crippen LogP contribution in [0.4, 0.5) is 0 Å². The molecule has 0 fully saturated rings. The number of hydrazine groups is 1. The summed E-state index contributed by atoms with van der Waals surface area (Å²) in [5, 5.41) is 0.707. The lowest BCUT2D eigenvalue weighted by Gasteiger charge is -2.17. The van der Waals surface area contributed by atoms with E-state index in [0.717, 1.165) is 29.3 Å². The minimum Gasteiger partial charge on any atom is -0.271 e. The molecule has 1 aromatic rings. The highest BCUT2D eigenvalue weighted by atomic mass is 79.9. The van der Waals surface area contributed by atoms with Crippen LogP contribution in [0, 0.1) is 12.3 Å². The van der Waals surface area contributed by atoms with Crippen molar-refractivity contribution in [3.05, 3.63) is 33.3 Å². The summed E-state index contributed by atoms with van der Waals surface area (Å²) < 4.78 is 0.959. The Balaban J connectivity index is 2.75. The van der Waals surface area contributed by atoms with Crippen molar-refractivity contribution >= 4 is 27.5 Å². The molecule has 0 aromatic heterocycles. The van der Waals surface area contributed by atoms with E-state index in [2.05, 4.69) is 27.3 Å². The highest BCUT2D eigenvalue weighted by Gasteiger charge is 2.12. The van der Waals surface area contributed by atoms with Crippen LogP contribution in [0.5, 0.6) is 0 Å². The van der Waals surface area contributed by atoms with E-state index in [9.17, 15) is 0 Å². The van der Waals surface area contributed by atoms with Crippen molar-refractivity contribution in [1.82, 2.24) is 5.43 Å². The van der Waals surface area contributed by atoms with Crippen LogP contribution in [0.2, 0.25) is 5.02 Å². The van der Waals surface area contributed by atoms with E-state index in [1.54, 1.807) is 0 Å². The van der Waals surface area contributed by atoms with Gasteiger partial charge in [0.2, 0.25) is 0 Å². The van der Waals surface area contributed by atoms with Gasteiger partial charge < -0.3 is 0 Å². The number of hydrogen-bond acceptors (Lipinski definition) is 2. The largest absolute Gasteiger partial charge is 0.271 e. The van der Waals surface area contributed by atoms with Gasteiger partial charge in [-0.25, -0.2) is 0 Å². The van der Waals surface area contributed by atoms with Gasteiger partial charge in [-0.2, -0.15) is 0 Å². The maximum atomic E-state index is 6.15. The smallest absolute Gasteiger partial charge is 0.0475 e. The molecule has 4 heteroatoms. The zero-order chi connectivity index (χ0) is 12.0. The summed E-state index contributed by atoms with van der Waals surface area (Å²) >= 11 is 9.52. The average Bonchev–Trinajstić information content (AvgIpc) is 2.26. The first-order valence-electron chi connectivity index (χ1n) is 5.03. The van der Waals surface area contributed by atoms with Gasteiger partial charge in [0.25, 0.3) is 0 Å². The Morgan fingerprint density at radius 3 is 2.88 bits per heavy atom. The molecule has 1 aromatic carbocycles. The molecule has 0 heterocycles. The van der Waals surface area contributed by atoms with Gasteiger partial charge >= 0.3 is 0 Å². The van der Waals surface area contributed by atoms with Crippen LogP contribution in [0.1, 0.15) is 30.9 Å². The van der Waals surface area contributed by atoms with E-state index >= 15 is 0 Å². The zero-order valence-electron chi connectivity index (χ0n) is 8.84. The molecule has 3 N–H and O–H groups in total. The molecular formula is C12H14BrClN2. The van der Waals surface area contributed by atoms with Crippen molar-refractivity contribution in [2.24, 2.45) is 5.84 Å². The molecule has 0 amide bonds. The topological polar surface area (TPSA) is 38.0 Å². The third kappa shape index (κ3) is 3.80. The molecule has 0 bridgehead atoms. The molecule has 0 aliphatic carbocycles. The van der Waals surface area contributed by atoms with Crippen molar-refractivity contribution < 1.29 is 0 Å². The fourth-order valence-electron chi connectivity index (χ4n) is 1.52. The Hall–Kier alpha value is -0.530. The van der Waals surface area contributed by atoms with Crippen LogP contribution in [-0.2, 0) is 0 Å². The van der Waals surface area contributed by atoms with Gasteiger partial charge in [0.1, 0.15) is 0 Å². The second-order valence-corrected chi connectivity index (χ2v) is 4.80. The normalized spacial score (nSPS) is 12.1. The molecule has 86 valence electrons. The fourth-order valence-corrected chi connectivity index (χ4v) is 2.33. The van der Waals surface area contributed by atoms with Gasteiger partial charge in [0, 0.05) is 22.0 Å². The zero-order valence-corrected chi connectivity index (χ0v) is 11.2. The Bertz CT molecular complexity index is 387. The van der Waals surface area contributed by atoms with Crippen LogP contribution in [0.15, 0.2) is 22.7 Å². The van der Waals surface area contributed by atoms with Gasteiger partial charge in [-0.05, 0) is 30.5 Å². The molecular weight excluding hydrogens is 288 g/mol. The van der Waals surface area contributed by atoms with Gasteiger partial charge in [0.15, 0.2) is 0 Å². The summed E-state index contributed by atoms with van der Waals surface area (Å²) in [5.74, 6) is 8.14. The number of rotatable bonds is 5. The Morgan fingerprint density at radius 1 is 1.56 bits per heavy atom. The molecule has 1 rings (SSSR count). The van der Waals surface area contributed by atoms with Crippen molar-refractivity contribution in [3.8, 4) is 12.3 Å². The number of nitrogens with one attached hydrogen (secondary N) is 1. The number of terminal acetylenes is 1. The molecule has 0 saturated heterocycles. The highest BCUT2D eigenvalue weighted by Crippen LogP contribution is 2.28. The van der Waals surface area contributed by atoms with E-state index < -0.39 is 0 Å². The lowest BCUT2D eigenvalue weighted by molar-refractivity contribution is 0.502. The van der Waals surface area contributed by atoms with Crippen molar-refractivity contribution in [2.75, 3.05) is 0 Å². The minimum absolute atomic E-state index is 0.0500. The third-order valence-electron chi connectivity index (χ3n) is 2.35. The Labute approximate surface area is 110 Å². The first-order chi connectivity index (χ1) is 7.69. The van der Waals surface area contributed by atoms with E-state index in [1.807, 2.05) is 18.2 Å². The van der Waals surface area contributed by atoms with Crippen LogP contribution in [-0.4, -0.2) is 0 Å². The third-order valence-corrected chi connectivity index (χ3v) is 3.17. The standard InChI is InChI=1S/C12H14BrClN2/c1-2-3-4-5-12(16-15)10-7-6-9(13)8-11(10)14/h1,6-8,12,16H,3-5,15H2. The summed E-state index contributed by atoms with van der Waals surface area (Å²) in [6.45, 7) is 0. The van der Waals surface area contributed by atoms with Gasteiger partial charge in [-0.1, -0.05) is 33.6 Å². The van der Waals surface area contributed by atoms with E-state index in [-0.39, 0.29) is 6.04 Å². The van der Waals surface area contributed by atoms with Crippen LogP contribution < -0.4 is 11.3 Å². The summed E-state index contributed by atoms with van der Waals surface area (Å²) in [4.78, 5) is 0. The molecule has 0 aliphatic rings. The summed E-state index contributed by atoms with van der Waals surface area (Å²) in [5.41, 5.74) is 3.77. The molecule has 0 spiro atoms. The first kappa shape index (κ1) is 13.5. The van der Waals surface area contributed by atoms with Crippen LogP contribution in [0.3, 0.4) is 0 Å². The molecule has 0 radical (unpaired) electrons. The SMILES string of the molecule is C#CCCCC(NN)c1ccc(Br)cc1Cl. The van der Waals surface area contributed by atoms with Gasteiger partial charge in [-0.3, -0.25) is 11.3 Å². The highest BCUT2D eigenvalue weighted by molar-refractivity contribution is 9.10.